The van der Waals surface area contributed by atoms with Gasteiger partial charge in [0.1, 0.15) is 11.6 Å². The zero-order valence-corrected chi connectivity index (χ0v) is 11.5. The Hall–Kier alpha value is -1.40. The normalized spacial score (nSPS) is 10.3. The Morgan fingerprint density at radius 3 is 2.83 bits per heavy atom. The van der Waals surface area contributed by atoms with E-state index < -0.39 is 11.7 Å². The maximum atomic E-state index is 12.8. The zero-order chi connectivity index (χ0) is 13.1. The van der Waals surface area contributed by atoms with Crippen molar-refractivity contribution in [2.75, 3.05) is 0 Å². The van der Waals surface area contributed by atoms with E-state index in [4.69, 9.17) is 0 Å². The summed E-state index contributed by atoms with van der Waals surface area (Å²) >= 11 is 4.87. The molecule has 0 aliphatic rings. The molecule has 0 radical (unpaired) electrons. The number of hydrogen-bond acceptors (Lipinski definition) is 3. The Morgan fingerprint density at radius 2 is 2.22 bits per heavy atom. The quantitative estimate of drug-likeness (QED) is 0.907. The van der Waals surface area contributed by atoms with Gasteiger partial charge >= 0.3 is 0 Å². The Morgan fingerprint density at radius 1 is 1.44 bits per heavy atom. The van der Waals surface area contributed by atoms with E-state index in [0.717, 1.165) is 21.5 Å². The van der Waals surface area contributed by atoms with Gasteiger partial charge in [0, 0.05) is 15.4 Å². The molecule has 1 amide bonds. The zero-order valence-electron chi connectivity index (χ0n) is 9.11. The van der Waals surface area contributed by atoms with Gasteiger partial charge in [-0.3, -0.25) is 4.79 Å². The van der Waals surface area contributed by atoms with Crippen LogP contribution in [0.25, 0.3) is 0 Å². The molecular formula is C12H9BrFNO2S. The van der Waals surface area contributed by atoms with Crippen LogP contribution in [0.15, 0.2) is 34.1 Å². The Balaban J connectivity index is 2.06. The van der Waals surface area contributed by atoms with Crippen molar-refractivity contribution in [3.05, 3.63) is 50.4 Å². The minimum Gasteiger partial charge on any atom is -0.507 e. The summed E-state index contributed by atoms with van der Waals surface area (Å²) in [6, 6.07) is 5.19. The van der Waals surface area contributed by atoms with E-state index in [0.29, 0.717) is 6.54 Å². The van der Waals surface area contributed by atoms with E-state index in [1.165, 1.54) is 17.4 Å². The molecule has 0 aliphatic carbocycles. The van der Waals surface area contributed by atoms with Crippen LogP contribution < -0.4 is 5.32 Å². The molecule has 0 saturated heterocycles. The molecule has 1 heterocycles. The first-order valence-electron chi connectivity index (χ1n) is 5.06. The van der Waals surface area contributed by atoms with Gasteiger partial charge in [-0.2, -0.15) is 0 Å². The van der Waals surface area contributed by atoms with Crippen LogP contribution >= 0.6 is 27.3 Å². The van der Waals surface area contributed by atoms with Crippen molar-refractivity contribution in [1.82, 2.24) is 5.32 Å². The average molecular weight is 330 g/mol. The van der Waals surface area contributed by atoms with Crippen LogP contribution in [0.4, 0.5) is 4.39 Å². The fourth-order valence-electron chi connectivity index (χ4n) is 1.40. The second-order valence-corrected chi connectivity index (χ2v) is 5.39. The first-order valence-corrected chi connectivity index (χ1v) is 6.74. The van der Waals surface area contributed by atoms with Crippen LogP contribution in [-0.2, 0) is 6.54 Å². The summed E-state index contributed by atoms with van der Waals surface area (Å²) in [6.45, 7) is 0.355. The second-order valence-electron chi connectivity index (χ2n) is 3.54. The van der Waals surface area contributed by atoms with E-state index in [9.17, 15) is 14.3 Å². The van der Waals surface area contributed by atoms with Gasteiger partial charge < -0.3 is 10.4 Å². The lowest BCUT2D eigenvalue weighted by Crippen LogP contribution is -2.22. The first-order chi connectivity index (χ1) is 8.58. The second kappa shape index (κ2) is 5.49. The Kier molecular flexibility index (Phi) is 3.98. The smallest absolute Gasteiger partial charge is 0.255 e. The molecule has 0 spiro atoms. The minimum absolute atomic E-state index is 0.0593. The summed E-state index contributed by atoms with van der Waals surface area (Å²) in [7, 11) is 0. The molecule has 0 atom stereocenters. The molecule has 6 heteroatoms. The van der Waals surface area contributed by atoms with E-state index in [-0.39, 0.29) is 11.3 Å². The van der Waals surface area contributed by atoms with E-state index >= 15 is 0 Å². The summed E-state index contributed by atoms with van der Waals surface area (Å²) in [6.07, 6.45) is 0. The van der Waals surface area contributed by atoms with Crippen molar-refractivity contribution in [3.8, 4) is 5.75 Å². The number of halogens is 2. The molecule has 0 fully saturated rings. The summed E-state index contributed by atoms with van der Waals surface area (Å²) in [5.74, 6) is -1.38. The number of thiophene rings is 1. The van der Waals surface area contributed by atoms with Crippen molar-refractivity contribution < 1.29 is 14.3 Å². The predicted molar refractivity (Wildman–Crippen MR) is 71.3 cm³/mol. The highest BCUT2D eigenvalue weighted by atomic mass is 79.9. The number of carbonyl (C=O) groups excluding carboxylic acids is 1. The molecule has 1 aromatic heterocycles. The monoisotopic (exact) mass is 329 g/mol. The number of hydrogen-bond donors (Lipinski definition) is 2. The molecule has 2 N–H and O–H groups in total. The first kappa shape index (κ1) is 13.0. The van der Waals surface area contributed by atoms with E-state index in [1.807, 2.05) is 11.4 Å². The van der Waals surface area contributed by atoms with Gasteiger partial charge in [0.15, 0.2) is 0 Å². The van der Waals surface area contributed by atoms with Gasteiger partial charge in [0.05, 0.1) is 12.1 Å². The molecule has 0 aliphatic heterocycles. The number of carbonyl (C=O) groups is 1. The largest absolute Gasteiger partial charge is 0.507 e. The molecule has 18 heavy (non-hydrogen) atoms. The topological polar surface area (TPSA) is 49.3 Å². The number of phenolic OH excluding ortho intramolecular Hbond substituents is 1. The van der Waals surface area contributed by atoms with Crippen LogP contribution in [0.3, 0.4) is 0 Å². The highest BCUT2D eigenvalue weighted by Crippen LogP contribution is 2.23. The highest BCUT2D eigenvalue weighted by Gasteiger charge is 2.12. The molecule has 0 unspecified atom stereocenters. The Labute approximate surface area is 115 Å². The van der Waals surface area contributed by atoms with Crippen molar-refractivity contribution in [2.45, 2.75) is 6.54 Å². The standard InChI is InChI=1S/C12H9BrFNO2S/c13-9-3-4-18-11(9)6-15-12(17)8-2-1-7(14)5-10(8)16/h1-5,16H,6H2,(H,15,17). The number of amides is 1. The third-order valence-corrected chi connectivity index (χ3v) is 4.23. The third kappa shape index (κ3) is 2.88. The van der Waals surface area contributed by atoms with Gasteiger partial charge in [-0.25, -0.2) is 4.39 Å². The summed E-state index contributed by atoms with van der Waals surface area (Å²) in [5, 5.41) is 14.0. The highest BCUT2D eigenvalue weighted by molar-refractivity contribution is 9.10. The van der Waals surface area contributed by atoms with E-state index in [1.54, 1.807) is 0 Å². The third-order valence-electron chi connectivity index (χ3n) is 2.30. The van der Waals surface area contributed by atoms with Gasteiger partial charge in [-0.1, -0.05) is 0 Å². The van der Waals surface area contributed by atoms with Crippen LogP contribution in [0, 0.1) is 5.82 Å². The van der Waals surface area contributed by atoms with Gasteiger partial charge in [0.2, 0.25) is 0 Å². The molecule has 3 nitrogen and oxygen atoms in total. The van der Waals surface area contributed by atoms with Crippen molar-refractivity contribution in [3.63, 3.8) is 0 Å². The average Bonchev–Trinajstić information content (AvgIpc) is 2.72. The fraction of sp³-hybridized carbons (Fsp3) is 0.0833. The number of nitrogens with one attached hydrogen (secondary N) is 1. The molecule has 0 saturated carbocycles. The minimum atomic E-state index is -0.579. The fourth-order valence-corrected chi connectivity index (χ4v) is 2.84. The maximum absolute atomic E-state index is 12.8. The maximum Gasteiger partial charge on any atom is 0.255 e. The molecule has 2 aromatic rings. The number of benzene rings is 1. The molecular weight excluding hydrogens is 321 g/mol. The van der Waals surface area contributed by atoms with E-state index in [2.05, 4.69) is 21.2 Å². The molecule has 1 aromatic carbocycles. The number of rotatable bonds is 3. The van der Waals surface area contributed by atoms with Gasteiger partial charge in [0.25, 0.3) is 5.91 Å². The predicted octanol–water partition coefficient (Wildman–Crippen LogP) is 3.29. The van der Waals surface area contributed by atoms with Crippen molar-refractivity contribution in [1.29, 1.82) is 0 Å². The van der Waals surface area contributed by atoms with Crippen LogP contribution in [0.1, 0.15) is 15.2 Å². The summed E-state index contributed by atoms with van der Waals surface area (Å²) < 4.78 is 13.7. The molecule has 94 valence electrons. The lowest BCUT2D eigenvalue weighted by atomic mass is 10.2. The molecule has 0 bridgehead atoms. The van der Waals surface area contributed by atoms with Crippen LogP contribution in [0.2, 0.25) is 0 Å². The number of aromatic hydroxyl groups is 1. The number of phenols is 1. The van der Waals surface area contributed by atoms with Crippen molar-refractivity contribution in [2.24, 2.45) is 0 Å². The Bertz CT molecular complexity index is 585. The lowest BCUT2D eigenvalue weighted by molar-refractivity contribution is 0.0948. The lowest BCUT2D eigenvalue weighted by Gasteiger charge is -2.06. The van der Waals surface area contributed by atoms with Crippen molar-refractivity contribution >= 4 is 33.2 Å². The van der Waals surface area contributed by atoms with Crippen LogP contribution in [0.5, 0.6) is 5.75 Å². The van der Waals surface area contributed by atoms with Crippen LogP contribution in [-0.4, -0.2) is 11.0 Å². The van der Waals surface area contributed by atoms with Gasteiger partial charge in [-0.05, 0) is 39.5 Å². The summed E-state index contributed by atoms with van der Waals surface area (Å²) in [4.78, 5) is 12.8. The SMILES string of the molecule is O=C(NCc1sccc1Br)c1ccc(F)cc1O. The van der Waals surface area contributed by atoms with Gasteiger partial charge in [-0.15, -0.1) is 11.3 Å². The molecule has 2 rings (SSSR count). The summed E-state index contributed by atoms with van der Waals surface area (Å²) in [5.41, 5.74) is 0.0593.